The first-order valence-corrected chi connectivity index (χ1v) is 10.5. The van der Waals surface area contributed by atoms with Gasteiger partial charge in [0.05, 0.1) is 19.8 Å². The van der Waals surface area contributed by atoms with E-state index in [-0.39, 0.29) is 18.7 Å². The first-order chi connectivity index (χ1) is 15.2. The van der Waals surface area contributed by atoms with Crippen molar-refractivity contribution >= 4 is 17.9 Å². The second-order valence-electron chi connectivity index (χ2n) is 7.25. The number of aromatic nitrogens is 3. The highest BCUT2D eigenvalue weighted by atomic mass is 35.5. The normalized spacial score (nSPS) is 14.2. The summed E-state index contributed by atoms with van der Waals surface area (Å²) in [6.07, 6.45) is -0.363. The molecule has 0 bridgehead atoms. The lowest BCUT2D eigenvalue weighted by molar-refractivity contribution is 0.0843. The van der Waals surface area contributed by atoms with Gasteiger partial charge in [0.2, 0.25) is 0 Å². The van der Waals surface area contributed by atoms with Gasteiger partial charge in [-0.05, 0) is 22.9 Å². The number of benzene rings is 2. The van der Waals surface area contributed by atoms with Gasteiger partial charge in [-0.25, -0.2) is 9.63 Å². The number of nitrogens with zero attached hydrogens (tertiary/aromatic N) is 4. The van der Waals surface area contributed by atoms with Crippen molar-refractivity contribution in [2.75, 3.05) is 13.2 Å². The van der Waals surface area contributed by atoms with Gasteiger partial charge < -0.3 is 14.0 Å². The molecule has 2 aromatic carbocycles. The summed E-state index contributed by atoms with van der Waals surface area (Å²) in [5, 5.41) is 8.54. The van der Waals surface area contributed by atoms with Gasteiger partial charge in [-0.2, -0.15) is 0 Å². The molecule has 1 N–H and O–H groups in total. The molecule has 1 atom stereocenters. The maximum atomic E-state index is 12.4. The van der Waals surface area contributed by atoms with Crippen molar-refractivity contribution in [2.45, 2.75) is 32.3 Å². The van der Waals surface area contributed by atoms with Crippen molar-refractivity contribution in [1.29, 1.82) is 0 Å². The molecule has 0 aliphatic carbocycles. The van der Waals surface area contributed by atoms with E-state index in [2.05, 4.69) is 15.0 Å². The van der Waals surface area contributed by atoms with Crippen LogP contribution in [-0.4, -0.2) is 38.9 Å². The molecule has 3 aromatic rings. The summed E-state index contributed by atoms with van der Waals surface area (Å²) in [6.45, 7) is 2.47. The van der Waals surface area contributed by atoms with Crippen LogP contribution in [0.3, 0.4) is 0 Å². The van der Waals surface area contributed by atoms with E-state index >= 15 is 0 Å². The highest BCUT2D eigenvalue weighted by molar-refractivity contribution is 6.13. The topological polar surface area (TPSA) is 81.5 Å². The Morgan fingerprint density at radius 3 is 2.35 bits per heavy atom. The number of fused-ring (bicyclic) bond motifs is 1. The van der Waals surface area contributed by atoms with E-state index < -0.39 is 0 Å². The molecule has 1 aromatic heterocycles. The number of hydrogen-bond acceptors (Lipinski definition) is 6. The minimum Gasteiger partial charge on any atom is -0.445 e. The third-order valence-electron chi connectivity index (χ3n) is 5.08. The van der Waals surface area contributed by atoms with E-state index in [0.717, 1.165) is 11.1 Å². The zero-order valence-corrected chi connectivity index (χ0v) is 17.7. The zero-order chi connectivity index (χ0) is 21.5. The van der Waals surface area contributed by atoms with Crippen LogP contribution in [0.15, 0.2) is 60.7 Å². The summed E-state index contributed by atoms with van der Waals surface area (Å²) in [5.74, 6) is 1.38. The predicted octanol–water partition coefficient (Wildman–Crippen LogP) is 3.43. The van der Waals surface area contributed by atoms with Crippen molar-refractivity contribution in [3.63, 3.8) is 0 Å². The number of amides is 1. The van der Waals surface area contributed by atoms with Crippen molar-refractivity contribution in [3.8, 4) is 0 Å². The summed E-state index contributed by atoms with van der Waals surface area (Å²) < 4.78 is 13.2. The van der Waals surface area contributed by atoms with Crippen LogP contribution in [0.5, 0.6) is 0 Å². The summed E-state index contributed by atoms with van der Waals surface area (Å²) >= 11 is 5.97. The number of nitrogens with one attached hydrogen (secondary N) is 1. The summed E-state index contributed by atoms with van der Waals surface area (Å²) in [7, 11) is 0. The first-order valence-electron chi connectivity index (χ1n) is 10.1. The van der Waals surface area contributed by atoms with Crippen molar-refractivity contribution in [1.82, 2.24) is 24.5 Å². The van der Waals surface area contributed by atoms with Crippen LogP contribution < -0.4 is 4.84 Å². The minimum atomic E-state index is -0.363. The highest BCUT2D eigenvalue weighted by Gasteiger charge is 2.28. The molecule has 4 rings (SSSR count). The second kappa shape index (κ2) is 10.4. The largest absolute Gasteiger partial charge is 0.445 e. The molecule has 0 saturated heterocycles. The molecule has 8 nitrogen and oxygen atoms in total. The molecular weight excluding hydrogens is 418 g/mol. The average Bonchev–Trinajstić information content (AvgIpc) is 3.25. The summed E-state index contributed by atoms with van der Waals surface area (Å²) in [6, 6.07) is 19.2. The molecule has 0 fully saturated rings. The Hall–Kier alpha value is -2.94. The van der Waals surface area contributed by atoms with E-state index in [1.54, 1.807) is 4.90 Å². The van der Waals surface area contributed by atoms with E-state index in [0.29, 0.717) is 44.5 Å². The second-order valence-corrected chi connectivity index (χ2v) is 7.47. The molecule has 31 heavy (non-hydrogen) atoms. The van der Waals surface area contributed by atoms with E-state index in [1.165, 1.54) is 0 Å². The van der Waals surface area contributed by atoms with Crippen LogP contribution in [-0.2, 0) is 35.8 Å². The van der Waals surface area contributed by atoms with E-state index in [9.17, 15) is 4.79 Å². The van der Waals surface area contributed by atoms with Gasteiger partial charge in [0.1, 0.15) is 12.6 Å². The SMILES string of the molecule is O=C(OCc1ccccc1)N1CCn2c(nnc2[C@@H](COCc2ccccc2)NCl)C1. The minimum absolute atomic E-state index is 0.241. The lowest BCUT2D eigenvalue weighted by Gasteiger charge is -2.28. The molecule has 0 saturated carbocycles. The molecule has 162 valence electrons. The maximum Gasteiger partial charge on any atom is 0.410 e. The van der Waals surface area contributed by atoms with Crippen molar-refractivity contribution in [2.24, 2.45) is 0 Å². The predicted molar refractivity (Wildman–Crippen MR) is 115 cm³/mol. The zero-order valence-electron chi connectivity index (χ0n) is 17.0. The third-order valence-corrected chi connectivity index (χ3v) is 5.35. The number of rotatable bonds is 8. The molecule has 9 heteroatoms. The van der Waals surface area contributed by atoms with Crippen molar-refractivity contribution < 1.29 is 14.3 Å². The fourth-order valence-corrected chi connectivity index (χ4v) is 3.59. The van der Waals surface area contributed by atoms with Crippen LogP contribution in [0.25, 0.3) is 0 Å². The van der Waals surface area contributed by atoms with Crippen LogP contribution >= 0.6 is 11.8 Å². The lowest BCUT2D eigenvalue weighted by atomic mass is 10.2. The number of halogens is 1. The molecule has 0 spiro atoms. The average molecular weight is 442 g/mol. The molecular formula is C22H24ClN5O3. The third kappa shape index (κ3) is 5.41. The first kappa shape index (κ1) is 21.3. The monoisotopic (exact) mass is 441 g/mol. The van der Waals surface area contributed by atoms with Gasteiger partial charge >= 0.3 is 6.09 Å². The molecule has 1 aliphatic rings. The smallest absolute Gasteiger partial charge is 0.410 e. The van der Waals surface area contributed by atoms with Crippen LogP contribution in [0.4, 0.5) is 4.79 Å². The Morgan fingerprint density at radius 2 is 1.68 bits per heavy atom. The maximum absolute atomic E-state index is 12.4. The fraction of sp³-hybridized carbons (Fsp3) is 0.318. The lowest BCUT2D eigenvalue weighted by Crippen LogP contribution is -2.39. The number of hydrogen-bond donors (Lipinski definition) is 1. The Morgan fingerprint density at radius 1 is 1.00 bits per heavy atom. The number of carbonyl (C=O) groups is 1. The fourth-order valence-electron chi connectivity index (χ4n) is 3.43. The highest BCUT2D eigenvalue weighted by Crippen LogP contribution is 2.20. The van der Waals surface area contributed by atoms with E-state index in [1.807, 2.05) is 65.2 Å². The Labute approximate surface area is 185 Å². The number of ether oxygens (including phenoxy) is 2. The van der Waals surface area contributed by atoms with E-state index in [4.69, 9.17) is 21.3 Å². The van der Waals surface area contributed by atoms with Crippen LogP contribution in [0.2, 0.25) is 0 Å². The van der Waals surface area contributed by atoms with Gasteiger partial charge in [-0.15, -0.1) is 10.2 Å². The van der Waals surface area contributed by atoms with Crippen molar-refractivity contribution in [3.05, 3.63) is 83.4 Å². The van der Waals surface area contributed by atoms with Gasteiger partial charge in [-0.1, -0.05) is 60.7 Å². The molecule has 2 heterocycles. The molecule has 0 unspecified atom stereocenters. The number of carbonyl (C=O) groups excluding carboxylic acids is 1. The van der Waals surface area contributed by atoms with Crippen LogP contribution in [0.1, 0.15) is 28.8 Å². The molecule has 1 amide bonds. The summed E-state index contributed by atoms with van der Waals surface area (Å²) in [4.78, 5) is 16.8. The Bertz CT molecular complexity index is 983. The standard InChI is InChI=1S/C22H24ClN5O3/c23-24-19(16-30-14-17-7-3-1-4-8-17)21-26-25-20-13-27(11-12-28(20)21)22(29)31-15-18-9-5-2-6-10-18/h1-10,19,24H,11-16H2/t19-/m1/s1. The quantitative estimate of drug-likeness (QED) is 0.539. The Balaban J connectivity index is 1.32. The molecule has 0 radical (unpaired) electrons. The van der Waals surface area contributed by atoms with Gasteiger partial charge in [0, 0.05) is 13.1 Å². The van der Waals surface area contributed by atoms with Crippen LogP contribution in [0, 0.1) is 0 Å². The summed E-state index contributed by atoms with van der Waals surface area (Å²) in [5.41, 5.74) is 2.04. The van der Waals surface area contributed by atoms with Gasteiger partial charge in [0.15, 0.2) is 11.6 Å². The molecule has 1 aliphatic heterocycles. The van der Waals surface area contributed by atoms with Gasteiger partial charge in [-0.3, -0.25) is 4.90 Å². The van der Waals surface area contributed by atoms with Gasteiger partial charge in [0.25, 0.3) is 0 Å². The Kier molecular flexibility index (Phi) is 7.14.